The Bertz CT molecular complexity index is 913. The third-order valence-corrected chi connectivity index (χ3v) is 3.54. The zero-order chi connectivity index (χ0) is 18.8. The average molecular weight is 357 g/mol. The van der Waals surface area contributed by atoms with E-state index in [0.717, 1.165) is 0 Å². The van der Waals surface area contributed by atoms with Gasteiger partial charge in [-0.25, -0.2) is 24.5 Å². The molecule has 134 valence electrons. The first-order valence-corrected chi connectivity index (χ1v) is 7.54. The molecule has 0 atom stereocenters. The Morgan fingerprint density at radius 2 is 1.23 bits per heavy atom. The van der Waals surface area contributed by atoms with E-state index in [2.05, 4.69) is 24.4 Å². The highest BCUT2D eigenvalue weighted by atomic mass is 16.5. The van der Waals surface area contributed by atoms with Crippen molar-refractivity contribution in [1.29, 1.82) is 0 Å². The molecule has 0 fully saturated rings. The van der Waals surface area contributed by atoms with Crippen molar-refractivity contribution in [2.24, 2.45) is 0 Å². The van der Waals surface area contributed by atoms with Crippen LogP contribution in [0.5, 0.6) is 0 Å². The molecule has 0 amide bonds. The first kappa shape index (κ1) is 17.3. The molecule has 9 heteroatoms. The monoisotopic (exact) mass is 357 g/mol. The van der Waals surface area contributed by atoms with Crippen molar-refractivity contribution in [2.75, 3.05) is 14.2 Å². The van der Waals surface area contributed by atoms with E-state index in [9.17, 15) is 9.59 Å². The van der Waals surface area contributed by atoms with Gasteiger partial charge >= 0.3 is 11.9 Å². The Morgan fingerprint density at radius 3 is 1.62 bits per heavy atom. The summed E-state index contributed by atoms with van der Waals surface area (Å²) in [7, 11) is 2.53. The van der Waals surface area contributed by atoms with Gasteiger partial charge in [0.05, 0.1) is 14.2 Å². The molecule has 3 aromatic rings. The van der Waals surface area contributed by atoms with Crippen LogP contribution in [0.2, 0.25) is 0 Å². The lowest BCUT2D eigenvalue weighted by Crippen LogP contribution is -2.03. The average Bonchev–Trinajstić information content (AvgIpc) is 3.23. The highest BCUT2D eigenvalue weighted by Crippen LogP contribution is 2.25. The van der Waals surface area contributed by atoms with Gasteiger partial charge in [0.2, 0.25) is 11.8 Å². The van der Waals surface area contributed by atoms with Gasteiger partial charge in [-0.15, -0.1) is 0 Å². The molecule has 0 unspecified atom stereocenters. The number of esters is 2. The quantitative estimate of drug-likeness (QED) is 0.649. The molecular formula is C17H15N3O6. The molecule has 3 aromatic heterocycles. The molecule has 0 aliphatic heterocycles. The van der Waals surface area contributed by atoms with E-state index in [1.165, 1.54) is 14.2 Å². The Hall–Kier alpha value is -3.49. The third kappa shape index (κ3) is 3.06. The summed E-state index contributed by atoms with van der Waals surface area (Å²) >= 11 is 0. The van der Waals surface area contributed by atoms with E-state index in [-0.39, 0.29) is 23.2 Å². The van der Waals surface area contributed by atoms with Crippen LogP contribution >= 0.6 is 0 Å². The number of nitrogens with zero attached hydrogens (tertiary/aromatic N) is 3. The highest BCUT2D eigenvalue weighted by molar-refractivity contribution is 5.89. The maximum absolute atomic E-state index is 11.7. The molecule has 3 rings (SSSR count). The fourth-order valence-electron chi connectivity index (χ4n) is 2.26. The van der Waals surface area contributed by atoms with Crippen LogP contribution in [0.4, 0.5) is 0 Å². The number of aryl methyl sites for hydroxylation is 2. The van der Waals surface area contributed by atoms with E-state index in [0.29, 0.717) is 22.9 Å². The minimum atomic E-state index is -0.597. The van der Waals surface area contributed by atoms with E-state index < -0.39 is 11.9 Å². The molecule has 0 aliphatic carbocycles. The van der Waals surface area contributed by atoms with Crippen molar-refractivity contribution >= 4 is 11.9 Å². The molecule has 0 radical (unpaired) electrons. The lowest BCUT2D eigenvalue weighted by atomic mass is 10.3. The molecule has 0 N–H and O–H groups in total. The summed E-state index contributed by atoms with van der Waals surface area (Å²) in [5.41, 5.74) is 0.900. The third-order valence-electron chi connectivity index (χ3n) is 3.54. The minimum absolute atomic E-state index is 0.0784. The van der Waals surface area contributed by atoms with Gasteiger partial charge < -0.3 is 18.3 Å². The summed E-state index contributed by atoms with van der Waals surface area (Å²) in [6.07, 6.45) is 0. The van der Waals surface area contributed by atoms with Crippen LogP contribution in [0.3, 0.4) is 0 Å². The fraction of sp³-hybridized carbons (Fsp3) is 0.235. The van der Waals surface area contributed by atoms with Crippen LogP contribution in [0.15, 0.2) is 27.0 Å². The molecule has 0 saturated heterocycles. The van der Waals surface area contributed by atoms with Gasteiger partial charge in [0, 0.05) is 0 Å². The van der Waals surface area contributed by atoms with Gasteiger partial charge in [-0.05, 0) is 26.0 Å². The van der Waals surface area contributed by atoms with Gasteiger partial charge in [0.1, 0.15) is 22.9 Å². The number of carbonyl (C=O) groups excluding carboxylic acids is 2. The lowest BCUT2D eigenvalue weighted by molar-refractivity contribution is 0.0584. The minimum Gasteiger partial charge on any atom is -0.464 e. The van der Waals surface area contributed by atoms with E-state index >= 15 is 0 Å². The highest BCUT2D eigenvalue weighted by Gasteiger charge is 2.22. The fourth-order valence-corrected chi connectivity index (χ4v) is 2.26. The van der Waals surface area contributed by atoms with Crippen LogP contribution in [-0.4, -0.2) is 41.1 Å². The maximum Gasteiger partial charge on any atom is 0.360 e. The second-order valence-electron chi connectivity index (χ2n) is 5.24. The maximum atomic E-state index is 11.7. The number of hydrogen-bond donors (Lipinski definition) is 0. The lowest BCUT2D eigenvalue weighted by Gasteiger charge is -1.98. The second-order valence-corrected chi connectivity index (χ2v) is 5.24. The first-order valence-electron chi connectivity index (χ1n) is 7.54. The molecule has 0 bridgehead atoms. The van der Waals surface area contributed by atoms with Crippen molar-refractivity contribution in [3.8, 4) is 23.2 Å². The molecule has 3 heterocycles. The van der Waals surface area contributed by atoms with Gasteiger partial charge in [-0.3, -0.25) is 0 Å². The number of oxazole rings is 2. The first-order chi connectivity index (χ1) is 12.4. The summed E-state index contributed by atoms with van der Waals surface area (Å²) in [4.78, 5) is 35.9. The molecule has 0 spiro atoms. The van der Waals surface area contributed by atoms with Crippen molar-refractivity contribution in [2.45, 2.75) is 13.8 Å². The second kappa shape index (κ2) is 6.79. The topological polar surface area (TPSA) is 118 Å². The molecule has 26 heavy (non-hydrogen) atoms. The molecular weight excluding hydrogens is 342 g/mol. The number of carbonyl (C=O) groups is 2. The standard InChI is InChI=1S/C17H15N3O6/c1-8-12(16(21)23-3)19-14(25-8)10-6-5-7-11(18-10)15-20-13(9(2)26-15)17(22)24-4/h5-7H,1-4H3. The summed E-state index contributed by atoms with van der Waals surface area (Å²) < 4.78 is 20.3. The van der Waals surface area contributed by atoms with Crippen LogP contribution in [0.25, 0.3) is 23.2 Å². The van der Waals surface area contributed by atoms with E-state index in [1.54, 1.807) is 32.0 Å². The van der Waals surface area contributed by atoms with Crippen molar-refractivity contribution in [3.63, 3.8) is 0 Å². The van der Waals surface area contributed by atoms with Crippen LogP contribution in [0.1, 0.15) is 32.5 Å². The van der Waals surface area contributed by atoms with E-state index in [4.69, 9.17) is 8.83 Å². The van der Waals surface area contributed by atoms with Gasteiger partial charge in [-0.1, -0.05) is 6.07 Å². The Kier molecular flexibility index (Phi) is 4.53. The molecule has 9 nitrogen and oxygen atoms in total. The number of methoxy groups -OCH3 is 2. The van der Waals surface area contributed by atoms with Gasteiger partial charge in [0.15, 0.2) is 11.4 Å². The van der Waals surface area contributed by atoms with E-state index in [1.807, 2.05) is 0 Å². The summed E-state index contributed by atoms with van der Waals surface area (Å²) in [5.74, 6) is -0.250. The van der Waals surface area contributed by atoms with Crippen LogP contribution in [0, 0.1) is 13.8 Å². The predicted molar refractivity (Wildman–Crippen MR) is 87.4 cm³/mol. The number of rotatable bonds is 4. The zero-order valence-electron chi connectivity index (χ0n) is 14.5. The summed E-state index contributed by atoms with van der Waals surface area (Å²) in [5, 5.41) is 0. The Labute approximate surface area is 148 Å². The molecule has 0 aromatic carbocycles. The zero-order valence-corrected chi connectivity index (χ0v) is 14.5. The number of ether oxygens (including phenoxy) is 2. The SMILES string of the molecule is COC(=O)c1nc(-c2cccc(-c3nc(C(=O)OC)c(C)o3)n2)oc1C. The van der Waals surface area contributed by atoms with Crippen molar-refractivity contribution in [1.82, 2.24) is 15.0 Å². The summed E-state index contributed by atoms with van der Waals surface area (Å²) in [6, 6.07) is 5.02. The van der Waals surface area contributed by atoms with Crippen LogP contribution < -0.4 is 0 Å². The Morgan fingerprint density at radius 1 is 0.808 bits per heavy atom. The van der Waals surface area contributed by atoms with Crippen molar-refractivity contribution in [3.05, 3.63) is 41.1 Å². The van der Waals surface area contributed by atoms with Gasteiger partial charge in [-0.2, -0.15) is 0 Å². The number of hydrogen-bond acceptors (Lipinski definition) is 9. The largest absolute Gasteiger partial charge is 0.464 e. The Balaban J connectivity index is 1.99. The van der Waals surface area contributed by atoms with Crippen LogP contribution in [-0.2, 0) is 9.47 Å². The smallest absolute Gasteiger partial charge is 0.360 e. The van der Waals surface area contributed by atoms with Gasteiger partial charge in [0.25, 0.3) is 0 Å². The molecule has 0 saturated carbocycles. The van der Waals surface area contributed by atoms with Crippen molar-refractivity contribution < 1.29 is 27.9 Å². The number of pyridine rings is 1. The summed E-state index contributed by atoms with van der Waals surface area (Å²) in [6.45, 7) is 3.21. The number of aromatic nitrogens is 3. The normalized spacial score (nSPS) is 10.6. The molecule has 0 aliphatic rings. The predicted octanol–water partition coefficient (Wildman–Crippen LogP) is 2.58.